The van der Waals surface area contributed by atoms with E-state index in [0.29, 0.717) is 6.04 Å². The van der Waals surface area contributed by atoms with Crippen LogP contribution in [0.2, 0.25) is 0 Å². The molecule has 2 fully saturated rings. The molecule has 2 aliphatic rings. The highest BCUT2D eigenvalue weighted by molar-refractivity contribution is 5.85. The highest BCUT2D eigenvalue weighted by Gasteiger charge is 2.28. The smallest absolute Gasteiger partial charge is 0.237 e. The normalized spacial score (nSPS) is 22.5. The molecule has 0 aromatic heterocycles. The Labute approximate surface area is 163 Å². The maximum Gasteiger partial charge on any atom is 0.237 e. The van der Waals surface area contributed by atoms with Crippen LogP contribution in [-0.4, -0.2) is 49.1 Å². The van der Waals surface area contributed by atoms with Crippen molar-refractivity contribution < 1.29 is 4.79 Å². The standard InChI is InChI=1S/C19H29N3O.2ClH/c1-15(19(23)21-18-7-10-20-14-18)22-11-8-17(9-12-22)13-16-5-3-2-4-6-16;;/h2-6,15,17-18,20H,7-14H2,1H3,(H,21,23);2*1H. The lowest BCUT2D eigenvalue weighted by Crippen LogP contribution is -2.51. The van der Waals surface area contributed by atoms with Gasteiger partial charge in [-0.3, -0.25) is 9.69 Å². The Morgan fingerprint density at radius 3 is 2.48 bits per heavy atom. The van der Waals surface area contributed by atoms with Gasteiger partial charge in [0.05, 0.1) is 6.04 Å². The van der Waals surface area contributed by atoms with Gasteiger partial charge in [-0.2, -0.15) is 0 Å². The Morgan fingerprint density at radius 1 is 1.20 bits per heavy atom. The molecule has 2 atom stereocenters. The lowest BCUT2D eigenvalue weighted by Gasteiger charge is -2.35. The number of hydrogen-bond donors (Lipinski definition) is 2. The molecule has 1 amide bonds. The molecule has 2 saturated heterocycles. The maximum absolute atomic E-state index is 12.4. The number of hydrogen-bond acceptors (Lipinski definition) is 3. The van der Waals surface area contributed by atoms with Gasteiger partial charge < -0.3 is 10.6 Å². The molecular weight excluding hydrogens is 357 g/mol. The summed E-state index contributed by atoms with van der Waals surface area (Å²) in [7, 11) is 0. The van der Waals surface area contributed by atoms with Gasteiger partial charge in [0.15, 0.2) is 0 Å². The molecule has 0 spiro atoms. The van der Waals surface area contributed by atoms with E-state index in [1.807, 2.05) is 0 Å². The van der Waals surface area contributed by atoms with Crippen LogP contribution in [0, 0.1) is 5.92 Å². The summed E-state index contributed by atoms with van der Waals surface area (Å²) >= 11 is 0. The summed E-state index contributed by atoms with van der Waals surface area (Å²) in [6, 6.07) is 11.1. The predicted molar refractivity (Wildman–Crippen MR) is 108 cm³/mol. The Morgan fingerprint density at radius 2 is 1.88 bits per heavy atom. The number of carbonyl (C=O) groups is 1. The zero-order chi connectivity index (χ0) is 16.1. The van der Waals surface area contributed by atoms with Crippen molar-refractivity contribution >= 4 is 30.7 Å². The van der Waals surface area contributed by atoms with Gasteiger partial charge in [0.1, 0.15) is 0 Å². The molecule has 6 heteroatoms. The number of piperidine rings is 1. The molecule has 0 bridgehead atoms. The van der Waals surface area contributed by atoms with Crippen LogP contribution in [0.5, 0.6) is 0 Å². The van der Waals surface area contributed by atoms with E-state index >= 15 is 0 Å². The van der Waals surface area contributed by atoms with Crippen LogP contribution in [0.4, 0.5) is 0 Å². The van der Waals surface area contributed by atoms with Crippen LogP contribution in [0.3, 0.4) is 0 Å². The number of amides is 1. The number of rotatable bonds is 5. The topological polar surface area (TPSA) is 44.4 Å². The van der Waals surface area contributed by atoms with Crippen molar-refractivity contribution in [3.8, 4) is 0 Å². The molecule has 0 aliphatic carbocycles. The lowest BCUT2D eigenvalue weighted by molar-refractivity contribution is -0.127. The Balaban J connectivity index is 0.00000156. The summed E-state index contributed by atoms with van der Waals surface area (Å²) in [6.07, 6.45) is 4.61. The first-order chi connectivity index (χ1) is 11.2. The fourth-order valence-electron chi connectivity index (χ4n) is 3.76. The van der Waals surface area contributed by atoms with Crippen LogP contribution in [0.1, 0.15) is 31.7 Å². The van der Waals surface area contributed by atoms with Crippen molar-refractivity contribution in [2.24, 2.45) is 5.92 Å². The van der Waals surface area contributed by atoms with E-state index in [9.17, 15) is 4.79 Å². The minimum Gasteiger partial charge on any atom is -0.351 e. The molecule has 2 unspecified atom stereocenters. The van der Waals surface area contributed by atoms with Crippen molar-refractivity contribution in [2.45, 2.75) is 44.7 Å². The molecule has 25 heavy (non-hydrogen) atoms. The number of likely N-dealkylation sites (tertiary alicyclic amines) is 1. The third-order valence-corrected chi connectivity index (χ3v) is 5.35. The van der Waals surface area contributed by atoms with Crippen LogP contribution in [0.15, 0.2) is 30.3 Å². The minimum atomic E-state index is -0.00623. The Kier molecular flexibility index (Phi) is 9.80. The maximum atomic E-state index is 12.4. The molecule has 2 aliphatic heterocycles. The second-order valence-corrected chi connectivity index (χ2v) is 7.04. The third kappa shape index (κ3) is 6.45. The SMILES string of the molecule is CC(C(=O)NC1CCNC1)N1CCC(Cc2ccccc2)CC1.Cl.Cl. The largest absolute Gasteiger partial charge is 0.351 e. The first-order valence-electron chi connectivity index (χ1n) is 9.01. The zero-order valence-corrected chi connectivity index (χ0v) is 16.6. The van der Waals surface area contributed by atoms with Crippen molar-refractivity contribution in [1.82, 2.24) is 15.5 Å². The van der Waals surface area contributed by atoms with E-state index in [1.54, 1.807) is 0 Å². The minimum absolute atomic E-state index is 0. The van der Waals surface area contributed by atoms with E-state index in [-0.39, 0.29) is 36.8 Å². The summed E-state index contributed by atoms with van der Waals surface area (Å²) in [5.74, 6) is 0.947. The number of halogens is 2. The summed E-state index contributed by atoms with van der Waals surface area (Å²) < 4.78 is 0. The second-order valence-electron chi connectivity index (χ2n) is 7.04. The van der Waals surface area contributed by atoms with Crippen LogP contribution >= 0.6 is 24.8 Å². The van der Waals surface area contributed by atoms with Crippen molar-refractivity contribution in [3.05, 3.63) is 35.9 Å². The number of nitrogens with zero attached hydrogens (tertiary/aromatic N) is 1. The van der Waals surface area contributed by atoms with Gasteiger partial charge in [0, 0.05) is 12.6 Å². The predicted octanol–water partition coefficient (Wildman–Crippen LogP) is 2.65. The molecule has 3 rings (SSSR count). The van der Waals surface area contributed by atoms with E-state index in [4.69, 9.17) is 0 Å². The molecule has 0 radical (unpaired) electrons. The molecule has 2 N–H and O–H groups in total. The van der Waals surface area contributed by atoms with Gasteiger partial charge in [0.2, 0.25) is 5.91 Å². The van der Waals surface area contributed by atoms with Crippen LogP contribution < -0.4 is 10.6 Å². The fourth-order valence-corrected chi connectivity index (χ4v) is 3.76. The van der Waals surface area contributed by atoms with Gasteiger partial charge in [-0.1, -0.05) is 30.3 Å². The quantitative estimate of drug-likeness (QED) is 0.815. The summed E-state index contributed by atoms with van der Waals surface area (Å²) in [5, 5.41) is 6.48. The fraction of sp³-hybridized carbons (Fsp3) is 0.632. The molecule has 142 valence electrons. The van der Waals surface area contributed by atoms with Crippen LogP contribution in [0.25, 0.3) is 0 Å². The molecule has 4 nitrogen and oxygen atoms in total. The van der Waals surface area contributed by atoms with Gasteiger partial charge in [-0.15, -0.1) is 24.8 Å². The average Bonchev–Trinajstić information content (AvgIpc) is 3.09. The number of carbonyl (C=O) groups excluding carboxylic acids is 1. The lowest BCUT2D eigenvalue weighted by atomic mass is 9.89. The molecule has 1 aromatic carbocycles. The summed E-state index contributed by atoms with van der Waals surface area (Å²) in [5.41, 5.74) is 1.44. The van der Waals surface area contributed by atoms with Gasteiger partial charge in [0.25, 0.3) is 0 Å². The highest BCUT2D eigenvalue weighted by Crippen LogP contribution is 2.23. The molecular formula is C19H31Cl2N3O. The highest BCUT2D eigenvalue weighted by atomic mass is 35.5. The van der Waals surface area contributed by atoms with Gasteiger partial charge in [-0.25, -0.2) is 0 Å². The van der Waals surface area contributed by atoms with E-state index in [1.165, 1.54) is 24.8 Å². The van der Waals surface area contributed by atoms with E-state index in [2.05, 4.69) is 52.8 Å². The monoisotopic (exact) mass is 387 g/mol. The van der Waals surface area contributed by atoms with Crippen LogP contribution in [-0.2, 0) is 11.2 Å². The van der Waals surface area contributed by atoms with Crippen molar-refractivity contribution in [3.63, 3.8) is 0 Å². The van der Waals surface area contributed by atoms with Gasteiger partial charge in [-0.05, 0) is 63.7 Å². The first kappa shape index (κ1) is 22.2. The third-order valence-electron chi connectivity index (χ3n) is 5.35. The molecule has 1 aromatic rings. The molecule has 2 heterocycles. The Hall–Kier alpha value is -0.810. The number of nitrogens with one attached hydrogen (secondary N) is 2. The van der Waals surface area contributed by atoms with Gasteiger partial charge >= 0.3 is 0 Å². The summed E-state index contributed by atoms with van der Waals surface area (Å²) in [6.45, 7) is 6.06. The van der Waals surface area contributed by atoms with E-state index in [0.717, 1.165) is 38.5 Å². The van der Waals surface area contributed by atoms with Crippen molar-refractivity contribution in [1.29, 1.82) is 0 Å². The zero-order valence-electron chi connectivity index (χ0n) is 14.9. The summed E-state index contributed by atoms with van der Waals surface area (Å²) in [4.78, 5) is 14.7. The van der Waals surface area contributed by atoms with E-state index < -0.39 is 0 Å². The molecule has 0 saturated carbocycles. The average molecular weight is 388 g/mol. The number of benzene rings is 1. The second kappa shape index (κ2) is 11.0. The first-order valence-corrected chi connectivity index (χ1v) is 9.01. The van der Waals surface area contributed by atoms with Crippen molar-refractivity contribution in [2.75, 3.05) is 26.2 Å². The Bertz CT molecular complexity index is 501.